The lowest BCUT2D eigenvalue weighted by Crippen LogP contribution is -2.29. The van der Waals surface area contributed by atoms with Gasteiger partial charge in [0.2, 0.25) is 5.13 Å². The number of aliphatic hydroxyl groups excluding tert-OH is 1. The van der Waals surface area contributed by atoms with Gasteiger partial charge >= 0.3 is 5.91 Å². The molecule has 9 heteroatoms. The van der Waals surface area contributed by atoms with Crippen molar-refractivity contribution in [3.8, 4) is 5.75 Å². The van der Waals surface area contributed by atoms with Crippen LogP contribution in [0.25, 0.3) is 5.76 Å². The van der Waals surface area contributed by atoms with Crippen molar-refractivity contribution in [3.63, 3.8) is 0 Å². The van der Waals surface area contributed by atoms with E-state index in [1.54, 1.807) is 31.2 Å². The number of Topliss-reactive ketones (excluding diaryl/α,β-unsaturated/α-hetero) is 1. The smallest absolute Gasteiger partial charge is 0.301 e. The third-order valence-corrected chi connectivity index (χ3v) is 6.06. The van der Waals surface area contributed by atoms with Crippen LogP contribution >= 0.6 is 11.3 Å². The number of ketones is 1. The van der Waals surface area contributed by atoms with Crippen LogP contribution in [0.15, 0.2) is 54.1 Å². The molecule has 2 heterocycles. The van der Waals surface area contributed by atoms with Gasteiger partial charge in [0.1, 0.15) is 22.3 Å². The molecule has 1 unspecified atom stereocenters. The van der Waals surface area contributed by atoms with Crippen molar-refractivity contribution in [3.05, 3.63) is 76.1 Å². The summed E-state index contributed by atoms with van der Waals surface area (Å²) in [5.74, 6) is -1.96. The predicted molar refractivity (Wildman–Crippen MR) is 123 cm³/mol. The number of rotatable bonds is 7. The van der Waals surface area contributed by atoms with Gasteiger partial charge in [-0.3, -0.25) is 14.5 Å². The number of aliphatic hydroxyl groups is 1. The van der Waals surface area contributed by atoms with E-state index in [9.17, 15) is 19.1 Å². The Labute approximate surface area is 194 Å². The minimum Gasteiger partial charge on any atom is -0.507 e. The van der Waals surface area contributed by atoms with E-state index < -0.39 is 23.5 Å². The molecule has 2 aromatic carbocycles. The maximum absolute atomic E-state index is 13.4. The number of unbranched alkanes of at least 4 members (excludes halogenated alkanes) is 1. The van der Waals surface area contributed by atoms with Gasteiger partial charge in [-0.25, -0.2) is 4.39 Å². The Bertz CT molecular complexity index is 1220. The van der Waals surface area contributed by atoms with Crippen LogP contribution in [0.1, 0.15) is 41.9 Å². The fourth-order valence-electron chi connectivity index (χ4n) is 3.60. The van der Waals surface area contributed by atoms with Gasteiger partial charge in [0.25, 0.3) is 5.78 Å². The molecule has 1 amide bonds. The van der Waals surface area contributed by atoms with E-state index in [-0.39, 0.29) is 22.0 Å². The molecule has 1 aliphatic rings. The first kappa shape index (κ1) is 22.6. The first-order valence-electron chi connectivity index (χ1n) is 10.5. The Morgan fingerprint density at radius 2 is 1.94 bits per heavy atom. The molecule has 0 aliphatic carbocycles. The lowest BCUT2D eigenvalue weighted by molar-refractivity contribution is -0.132. The number of carbonyl (C=O) groups is 2. The van der Waals surface area contributed by atoms with E-state index in [1.165, 1.54) is 40.5 Å². The van der Waals surface area contributed by atoms with Crippen LogP contribution in [0.5, 0.6) is 5.75 Å². The fraction of sp³-hybridized carbons (Fsp3) is 0.250. The molecule has 0 saturated carbocycles. The number of nitrogens with zero attached hydrogens (tertiary/aromatic N) is 3. The maximum Gasteiger partial charge on any atom is 0.301 e. The molecule has 1 saturated heterocycles. The van der Waals surface area contributed by atoms with Crippen molar-refractivity contribution in [1.82, 2.24) is 10.2 Å². The fourth-order valence-corrected chi connectivity index (χ4v) is 4.31. The number of benzene rings is 2. The van der Waals surface area contributed by atoms with Gasteiger partial charge in [-0.1, -0.05) is 36.8 Å². The molecule has 1 N–H and O–H groups in total. The molecule has 4 rings (SSSR count). The summed E-state index contributed by atoms with van der Waals surface area (Å²) in [4.78, 5) is 27.4. The van der Waals surface area contributed by atoms with E-state index in [2.05, 4.69) is 17.1 Å². The number of aryl methyl sites for hydroxylation is 1. The molecule has 1 atom stereocenters. The molecule has 170 valence electrons. The summed E-state index contributed by atoms with van der Waals surface area (Å²) < 4.78 is 19.2. The minimum atomic E-state index is -0.947. The summed E-state index contributed by atoms with van der Waals surface area (Å²) in [5.41, 5.74) is 0.688. The molecule has 1 aliphatic heterocycles. The number of ether oxygens (including phenoxy) is 1. The number of anilines is 1. The molecule has 1 fully saturated rings. The van der Waals surface area contributed by atoms with Crippen molar-refractivity contribution < 1.29 is 23.8 Å². The Morgan fingerprint density at radius 3 is 2.61 bits per heavy atom. The van der Waals surface area contributed by atoms with Crippen LogP contribution in [0.3, 0.4) is 0 Å². The quantitative estimate of drug-likeness (QED) is 0.232. The molecule has 1 aromatic heterocycles. The topological polar surface area (TPSA) is 92.6 Å². The Hall–Kier alpha value is -3.59. The third kappa shape index (κ3) is 4.49. The third-order valence-electron chi connectivity index (χ3n) is 5.22. The van der Waals surface area contributed by atoms with E-state index >= 15 is 0 Å². The standard InChI is InChI=1S/C24H22FN3O4S/c1-3-4-12-32-18-7-5-6-16(13-18)20-19(21(29)15-8-10-17(25)11-9-15)22(30)23(31)28(20)24-27-26-14(2)33-24/h5-11,13,20,29H,3-4,12H2,1-2H3. The summed E-state index contributed by atoms with van der Waals surface area (Å²) in [5, 5.41) is 19.9. The minimum absolute atomic E-state index is 0.106. The second kappa shape index (κ2) is 9.50. The summed E-state index contributed by atoms with van der Waals surface area (Å²) in [6, 6.07) is 11.2. The zero-order valence-electron chi connectivity index (χ0n) is 18.1. The van der Waals surface area contributed by atoms with E-state index in [1.807, 2.05) is 0 Å². The molecule has 3 aromatic rings. The first-order chi connectivity index (χ1) is 15.9. The van der Waals surface area contributed by atoms with E-state index in [0.717, 1.165) is 12.8 Å². The van der Waals surface area contributed by atoms with Gasteiger partial charge in [0.15, 0.2) is 0 Å². The summed E-state index contributed by atoms with van der Waals surface area (Å²) in [6.45, 7) is 4.34. The lowest BCUT2D eigenvalue weighted by Gasteiger charge is -2.23. The summed E-state index contributed by atoms with van der Waals surface area (Å²) in [6.07, 6.45) is 1.87. The zero-order chi connectivity index (χ0) is 23.5. The van der Waals surface area contributed by atoms with Crippen molar-refractivity contribution in [2.45, 2.75) is 32.7 Å². The van der Waals surface area contributed by atoms with Gasteiger partial charge in [-0.2, -0.15) is 0 Å². The number of halogens is 1. The first-order valence-corrected chi connectivity index (χ1v) is 11.3. The van der Waals surface area contributed by atoms with Crippen molar-refractivity contribution >= 4 is 33.9 Å². The Balaban J connectivity index is 1.86. The number of hydrogen-bond donors (Lipinski definition) is 1. The van der Waals surface area contributed by atoms with Gasteiger partial charge < -0.3 is 9.84 Å². The highest BCUT2D eigenvalue weighted by atomic mass is 32.1. The Kier molecular flexibility index (Phi) is 6.50. The predicted octanol–water partition coefficient (Wildman–Crippen LogP) is 4.79. The molecule has 0 bridgehead atoms. The van der Waals surface area contributed by atoms with Gasteiger partial charge in [-0.05, 0) is 55.3 Å². The lowest BCUT2D eigenvalue weighted by atomic mass is 9.95. The highest BCUT2D eigenvalue weighted by Crippen LogP contribution is 2.43. The largest absolute Gasteiger partial charge is 0.507 e. The van der Waals surface area contributed by atoms with Gasteiger partial charge in [-0.15, -0.1) is 10.2 Å². The molecular weight excluding hydrogens is 445 g/mol. The summed E-state index contributed by atoms with van der Waals surface area (Å²) >= 11 is 1.17. The van der Waals surface area contributed by atoms with Crippen LogP contribution in [0.4, 0.5) is 9.52 Å². The highest BCUT2D eigenvalue weighted by molar-refractivity contribution is 7.15. The molecular formula is C24H22FN3O4S. The number of aromatic nitrogens is 2. The van der Waals surface area contributed by atoms with Crippen LogP contribution in [-0.2, 0) is 9.59 Å². The van der Waals surface area contributed by atoms with Crippen LogP contribution in [-0.4, -0.2) is 33.6 Å². The number of hydrogen-bond acceptors (Lipinski definition) is 7. The monoisotopic (exact) mass is 467 g/mol. The van der Waals surface area contributed by atoms with Crippen LogP contribution < -0.4 is 9.64 Å². The van der Waals surface area contributed by atoms with Crippen LogP contribution in [0.2, 0.25) is 0 Å². The van der Waals surface area contributed by atoms with Crippen molar-refractivity contribution in [2.24, 2.45) is 0 Å². The average molecular weight is 468 g/mol. The second-order valence-corrected chi connectivity index (χ2v) is 8.71. The molecule has 33 heavy (non-hydrogen) atoms. The van der Waals surface area contributed by atoms with Crippen molar-refractivity contribution in [1.29, 1.82) is 0 Å². The van der Waals surface area contributed by atoms with E-state index in [4.69, 9.17) is 4.74 Å². The van der Waals surface area contributed by atoms with Crippen molar-refractivity contribution in [2.75, 3.05) is 11.5 Å². The zero-order valence-corrected chi connectivity index (χ0v) is 18.9. The van der Waals surface area contributed by atoms with E-state index in [0.29, 0.717) is 22.9 Å². The van der Waals surface area contributed by atoms with Gasteiger partial charge in [0.05, 0.1) is 18.2 Å². The maximum atomic E-state index is 13.4. The number of carbonyl (C=O) groups excluding carboxylic acids is 2. The number of amides is 1. The molecule has 7 nitrogen and oxygen atoms in total. The summed E-state index contributed by atoms with van der Waals surface area (Å²) in [7, 11) is 0. The SMILES string of the molecule is CCCCOc1cccc(C2C(=C(O)c3ccc(F)cc3)C(=O)C(=O)N2c2nnc(C)s2)c1. The van der Waals surface area contributed by atoms with Crippen LogP contribution in [0, 0.1) is 12.7 Å². The molecule has 0 spiro atoms. The average Bonchev–Trinajstić information content (AvgIpc) is 3.35. The normalized spacial score (nSPS) is 17.5. The second-order valence-electron chi connectivity index (χ2n) is 7.55. The Morgan fingerprint density at radius 1 is 1.18 bits per heavy atom. The molecule has 0 radical (unpaired) electrons. The van der Waals surface area contributed by atoms with Gasteiger partial charge in [0, 0.05) is 5.56 Å². The highest BCUT2D eigenvalue weighted by Gasteiger charge is 2.48.